The highest BCUT2D eigenvalue weighted by Crippen LogP contribution is 2.23. The van der Waals surface area contributed by atoms with Crippen molar-refractivity contribution in [1.82, 2.24) is 26.3 Å². The molecule has 1 fully saturated rings. The van der Waals surface area contributed by atoms with E-state index in [9.17, 15) is 38.4 Å². The number of aldehydes is 1. The molecule has 4 N–H and O–H groups in total. The van der Waals surface area contributed by atoms with Crippen molar-refractivity contribution in [2.24, 2.45) is 10.8 Å². The van der Waals surface area contributed by atoms with Crippen molar-refractivity contribution >= 4 is 47.7 Å². The van der Waals surface area contributed by atoms with Crippen molar-refractivity contribution in [1.29, 1.82) is 0 Å². The van der Waals surface area contributed by atoms with Crippen molar-refractivity contribution in [2.75, 3.05) is 26.3 Å². The van der Waals surface area contributed by atoms with Crippen LogP contribution in [0, 0.1) is 10.8 Å². The normalized spacial score (nSPS) is 15.1. The summed E-state index contributed by atoms with van der Waals surface area (Å²) in [5, 5.41) is 10.6. The largest absolute Gasteiger partial charge is 0.380 e. The maximum atomic E-state index is 12.6. The van der Waals surface area contributed by atoms with E-state index in [0.29, 0.717) is 17.9 Å². The van der Waals surface area contributed by atoms with E-state index in [4.69, 9.17) is 9.57 Å². The molecule has 2 atom stereocenters. The topological polar surface area (TPSA) is 206 Å². The van der Waals surface area contributed by atoms with Gasteiger partial charge in [0.05, 0.1) is 13.2 Å². The molecule has 0 aromatic carbocycles. The van der Waals surface area contributed by atoms with Crippen molar-refractivity contribution in [2.45, 2.75) is 79.3 Å². The molecule has 0 radical (unpaired) electrons. The molecule has 15 nitrogen and oxygen atoms in total. The molecular weight excluding hydrogens is 566 g/mol. The third-order valence-corrected chi connectivity index (χ3v) is 6.04. The predicted molar refractivity (Wildman–Crippen MR) is 151 cm³/mol. The average molecular weight is 610 g/mol. The Morgan fingerprint density at radius 3 is 2.09 bits per heavy atom. The van der Waals surface area contributed by atoms with E-state index in [-0.39, 0.29) is 51.3 Å². The van der Waals surface area contributed by atoms with Gasteiger partial charge in [0.15, 0.2) is 0 Å². The quantitative estimate of drug-likeness (QED) is 0.0885. The predicted octanol–water partition coefficient (Wildman–Crippen LogP) is -0.560. The van der Waals surface area contributed by atoms with Crippen LogP contribution in [0.3, 0.4) is 0 Å². The van der Waals surface area contributed by atoms with Crippen molar-refractivity contribution in [3.05, 3.63) is 12.2 Å². The number of imide groups is 1. The molecule has 0 aromatic heterocycles. The summed E-state index contributed by atoms with van der Waals surface area (Å²) in [6, 6.07) is -2.17. The number of carbonyl (C=O) groups excluding carboxylic acids is 8. The number of ether oxygens (including phenoxy) is 1. The summed E-state index contributed by atoms with van der Waals surface area (Å²) in [5.74, 6) is -4.07. The van der Waals surface area contributed by atoms with E-state index in [1.54, 1.807) is 0 Å². The Morgan fingerprint density at radius 1 is 0.884 bits per heavy atom. The van der Waals surface area contributed by atoms with Crippen LogP contribution in [0.1, 0.15) is 67.2 Å². The number of nitrogens with one attached hydrogen (secondary N) is 4. The first-order chi connectivity index (χ1) is 20.0. The monoisotopic (exact) mass is 609 g/mol. The van der Waals surface area contributed by atoms with E-state index in [1.807, 2.05) is 27.7 Å². The van der Waals surface area contributed by atoms with Gasteiger partial charge < -0.3 is 30.8 Å². The fraction of sp³-hybridized carbons (Fsp3) is 0.643. The van der Waals surface area contributed by atoms with Gasteiger partial charge in [0, 0.05) is 50.3 Å². The van der Waals surface area contributed by atoms with Crippen LogP contribution in [0.25, 0.3) is 0 Å². The van der Waals surface area contributed by atoms with Crippen LogP contribution in [0.5, 0.6) is 0 Å². The van der Waals surface area contributed by atoms with Gasteiger partial charge in [-0.05, 0) is 25.3 Å². The highest BCUT2D eigenvalue weighted by Gasteiger charge is 2.35. The van der Waals surface area contributed by atoms with Crippen LogP contribution in [0.15, 0.2) is 12.2 Å². The Kier molecular flexibility index (Phi) is 14.7. The average Bonchev–Trinajstić information content (AvgIpc) is 3.22. The lowest BCUT2D eigenvalue weighted by Gasteiger charge is -2.29. The zero-order chi connectivity index (χ0) is 32.8. The molecule has 1 aliphatic heterocycles. The third-order valence-electron chi connectivity index (χ3n) is 6.04. The molecule has 0 aromatic rings. The van der Waals surface area contributed by atoms with Crippen LogP contribution in [0.2, 0.25) is 0 Å². The van der Waals surface area contributed by atoms with E-state index in [0.717, 1.165) is 12.2 Å². The summed E-state index contributed by atoms with van der Waals surface area (Å²) in [6.45, 7) is 11.1. The van der Waals surface area contributed by atoms with Crippen LogP contribution < -0.4 is 21.3 Å². The minimum Gasteiger partial charge on any atom is -0.380 e. The van der Waals surface area contributed by atoms with Gasteiger partial charge in [0.2, 0.25) is 23.6 Å². The molecule has 1 unspecified atom stereocenters. The highest BCUT2D eigenvalue weighted by atomic mass is 16.7. The minimum absolute atomic E-state index is 0.0340. The smallest absolute Gasteiger partial charge is 0.354 e. The lowest BCUT2D eigenvalue weighted by atomic mass is 9.89. The first-order valence-corrected chi connectivity index (χ1v) is 13.9. The van der Waals surface area contributed by atoms with E-state index >= 15 is 0 Å². The summed E-state index contributed by atoms with van der Waals surface area (Å²) in [7, 11) is 0. The number of nitrogens with zero attached hydrogens (tertiary/aromatic N) is 1. The summed E-state index contributed by atoms with van der Waals surface area (Å²) in [5.41, 5.74) is -1.02. The maximum absolute atomic E-state index is 12.6. The van der Waals surface area contributed by atoms with Gasteiger partial charge in [-0.1, -0.05) is 27.7 Å². The molecule has 1 rings (SSSR count). The molecule has 1 aliphatic rings. The minimum atomic E-state index is -1.18. The zero-order valence-electron chi connectivity index (χ0n) is 25.6. The molecule has 0 aliphatic carbocycles. The van der Waals surface area contributed by atoms with Gasteiger partial charge in [-0.2, -0.15) is 0 Å². The molecule has 0 bridgehead atoms. The summed E-state index contributed by atoms with van der Waals surface area (Å²) >= 11 is 0. The van der Waals surface area contributed by atoms with Gasteiger partial charge in [-0.15, -0.1) is 5.06 Å². The second-order valence-corrected chi connectivity index (χ2v) is 11.8. The fourth-order valence-electron chi connectivity index (χ4n) is 3.63. The van der Waals surface area contributed by atoms with Gasteiger partial charge in [0.1, 0.15) is 18.4 Å². The van der Waals surface area contributed by atoms with E-state index < -0.39 is 58.4 Å². The summed E-state index contributed by atoms with van der Waals surface area (Å²) in [6.07, 6.45) is 2.60. The number of rotatable bonds is 18. The van der Waals surface area contributed by atoms with Crippen molar-refractivity contribution in [3.63, 3.8) is 0 Å². The van der Waals surface area contributed by atoms with Gasteiger partial charge in [-0.25, -0.2) is 4.79 Å². The van der Waals surface area contributed by atoms with E-state index in [2.05, 4.69) is 21.3 Å². The Labute approximate surface area is 250 Å². The number of hydroxylamine groups is 2. The molecule has 15 heteroatoms. The number of allylic oxidation sites excluding steroid dienone is 1. The van der Waals surface area contributed by atoms with E-state index in [1.165, 1.54) is 13.8 Å². The number of amides is 6. The first-order valence-electron chi connectivity index (χ1n) is 13.9. The molecule has 1 saturated heterocycles. The second-order valence-electron chi connectivity index (χ2n) is 11.8. The lowest BCUT2D eigenvalue weighted by molar-refractivity contribution is -0.198. The number of carbonyl (C=O) groups is 8. The SMILES string of the molecule is CC(NC(=O)[C@H](C)NC(=O)CC(C)(C)COCC(C)(C)CNC(=O)CCNC(=O)/C=C\C=O)C(=O)ON1C(=O)CCC1=O. The fourth-order valence-corrected chi connectivity index (χ4v) is 3.63. The van der Waals surface area contributed by atoms with Crippen LogP contribution in [0.4, 0.5) is 0 Å². The molecule has 43 heavy (non-hydrogen) atoms. The first kappa shape index (κ1) is 36.9. The molecule has 0 spiro atoms. The second kappa shape index (κ2) is 17.1. The number of hydrogen-bond acceptors (Lipinski definition) is 10. The van der Waals surface area contributed by atoms with Gasteiger partial charge >= 0.3 is 5.97 Å². The Morgan fingerprint density at radius 2 is 1.49 bits per heavy atom. The van der Waals surface area contributed by atoms with Crippen LogP contribution >= 0.6 is 0 Å². The Balaban J connectivity index is 2.38. The summed E-state index contributed by atoms with van der Waals surface area (Å²) in [4.78, 5) is 98.9. The standard InChI is InChI=1S/C28H43N5O10/c1-18(25(40)32-19(2)26(41)43-33-23(38)9-10-24(33)39)31-22(37)14-27(3,4)16-42-17-28(5,6)15-30-21(36)11-12-29-20(35)8-7-13-34/h7-8,13,18-19H,9-12,14-17H2,1-6H3,(H,29,35)(H,30,36)(H,31,37)(H,32,40)/b8-7-/t18-,19?/m0/s1. The lowest BCUT2D eigenvalue weighted by Crippen LogP contribution is -2.51. The van der Waals surface area contributed by atoms with Crippen LogP contribution in [-0.2, 0) is 47.9 Å². The summed E-state index contributed by atoms with van der Waals surface area (Å²) < 4.78 is 5.84. The zero-order valence-corrected chi connectivity index (χ0v) is 25.6. The number of hydrogen-bond donors (Lipinski definition) is 4. The maximum Gasteiger partial charge on any atom is 0.354 e. The van der Waals surface area contributed by atoms with Crippen molar-refractivity contribution < 1.29 is 47.9 Å². The third kappa shape index (κ3) is 14.5. The van der Waals surface area contributed by atoms with Gasteiger partial charge in [-0.3, -0.25) is 33.6 Å². The highest BCUT2D eigenvalue weighted by molar-refractivity contribution is 6.02. The molecule has 6 amide bonds. The Hall–Kier alpha value is -4.14. The molecule has 240 valence electrons. The molecular formula is C28H43N5O10. The van der Waals surface area contributed by atoms with Gasteiger partial charge in [0.25, 0.3) is 11.8 Å². The Bertz CT molecular complexity index is 1090. The molecule has 0 saturated carbocycles. The van der Waals surface area contributed by atoms with Crippen molar-refractivity contribution in [3.8, 4) is 0 Å². The molecule has 1 heterocycles. The van der Waals surface area contributed by atoms with Crippen LogP contribution in [-0.4, -0.2) is 91.1 Å².